The van der Waals surface area contributed by atoms with Crippen molar-refractivity contribution < 1.29 is 5.11 Å². The van der Waals surface area contributed by atoms with E-state index in [4.69, 9.17) is 0 Å². The molecule has 0 rings (SSSR count). The fourth-order valence-corrected chi connectivity index (χ4v) is 2.59. The second kappa shape index (κ2) is 9.01. The first-order chi connectivity index (χ1) is 9.21. The first-order valence-electron chi connectivity index (χ1n) is 8.31. The largest absolute Gasteiger partial charge is 0.395 e. The van der Waals surface area contributed by atoms with Gasteiger partial charge in [-0.2, -0.15) is 0 Å². The van der Waals surface area contributed by atoms with Crippen LogP contribution >= 0.6 is 0 Å². The SMILES string of the molecule is CCC(CC)N(CCO)CC(C)(CC)CNC(C)(C)C. The highest BCUT2D eigenvalue weighted by Crippen LogP contribution is 2.25. The first-order valence-corrected chi connectivity index (χ1v) is 8.31. The maximum Gasteiger partial charge on any atom is 0.0558 e. The predicted octanol–water partition coefficient (Wildman–Crippen LogP) is 3.27. The number of rotatable bonds is 10. The van der Waals surface area contributed by atoms with Crippen molar-refractivity contribution in [3.63, 3.8) is 0 Å². The molecule has 0 aromatic heterocycles. The molecule has 1 atom stereocenters. The Morgan fingerprint density at radius 2 is 1.60 bits per heavy atom. The molecule has 0 radical (unpaired) electrons. The number of aliphatic hydroxyl groups is 1. The number of aliphatic hydroxyl groups excluding tert-OH is 1. The van der Waals surface area contributed by atoms with Gasteiger partial charge in [-0.05, 0) is 45.4 Å². The molecule has 2 N–H and O–H groups in total. The van der Waals surface area contributed by atoms with E-state index in [1.807, 2.05) is 0 Å². The lowest BCUT2D eigenvalue weighted by Crippen LogP contribution is -2.50. The molecule has 0 heterocycles. The van der Waals surface area contributed by atoms with Gasteiger partial charge in [0.15, 0.2) is 0 Å². The molecule has 0 saturated heterocycles. The van der Waals surface area contributed by atoms with E-state index >= 15 is 0 Å². The Hall–Kier alpha value is -0.120. The van der Waals surface area contributed by atoms with Crippen molar-refractivity contribution in [1.29, 1.82) is 0 Å². The third-order valence-electron chi connectivity index (χ3n) is 4.33. The summed E-state index contributed by atoms with van der Waals surface area (Å²) in [6.07, 6.45) is 3.46. The van der Waals surface area contributed by atoms with Crippen LogP contribution in [0.2, 0.25) is 0 Å². The van der Waals surface area contributed by atoms with Crippen LogP contribution in [0.4, 0.5) is 0 Å². The smallest absolute Gasteiger partial charge is 0.0558 e. The average molecular weight is 287 g/mol. The maximum atomic E-state index is 9.35. The maximum absolute atomic E-state index is 9.35. The zero-order chi connectivity index (χ0) is 15.8. The Kier molecular flexibility index (Phi) is 8.96. The second-order valence-electron chi connectivity index (χ2n) is 7.43. The van der Waals surface area contributed by atoms with Gasteiger partial charge in [0.2, 0.25) is 0 Å². The van der Waals surface area contributed by atoms with Crippen LogP contribution in [0, 0.1) is 5.41 Å². The molecule has 0 aliphatic carbocycles. The highest BCUT2D eigenvalue weighted by molar-refractivity contribution is 4.85. The Morgan fingerprint density at radius 1 is 1.05 bits per heavy atom. The van der Waals surface area contributed by atoms with Gasteiger partial charge in [-0.25, -0.2) is 0 Å². The lowest BCUT2D eigenvalue weighted by molar-refractivity contribution is 0.0836. The lowest BCUT2D eigenvalue weighted by atomic mass is 9.85. The number of hydrogen-bond donors (Lipinski definition) is 2. The molecule has 0 amide bonds. The van der Waals surface area contributed by atoms with E-state index in [9.17, 15) is 5.11 Å². The third kappa shape index (κ3) is 7.61. The lowest BCUT2D eigenvalue weighted by Gasteiger charge is -2.40. The monoisotopic (exact) mass is 286 g/mol. The van der Waals surface area contributed by atoms with Crippen molar-refractivity contribution in [3.05, 3.63) is 0 Å². The standard InChI is InChI=1S/C17H38N2O/c1-8-15(9-2)19(11-12-20)14-17(7,10-3)13-18-16(4,5)6/h15,18,20H,8-14H2,1-7H3. The molecule has 0 bridgehead atoms. The molecular formula is C17H38N2O. The molecule has 1 unspecified atom stereocenters. The number of hydrogen-bond acceptors (Lipinski definition) is 3. The predicted molar refractivity (Wildman–Crippen MR) is 89.2 cm³/mol. The fourth-order valence-electron chi connectivity index (χ4n) is 2.59. The van der Waals surface area contributed by atoms with E-state index in [0.717, 1.165) is 38.9 Å². The quantitative estimate of drug-likeness (QED) is 0.647. The van der Waals surface area contributed by atoms with Crippen LogP contribution in [0.25, 0.3) is 0 Å². The van der Waals surface area contributed by atoms with Crippen molar-refractivity contribution in [2.45, 2.75) is 79.3 Å². The molecule has 0 aromatic rings. The number of nitrogens with one attached hydrogen (secondary N) is 1. The Labute approximate surface area is 127 Å². The van der Waals surface area contributed by atoms with E-state index in [1.165, 1.54) is 0 Å². The van der Waals surface area contributed by atoms with Crippen LogP contribution in [0.3, 0.4) is 0 Å². The summed E-state index contributed by atoms with van der Waals surface area (Å²) in [5, 5.41) is 13.0. The van der Waals surface area contributed by atoms with Crippen LogP contribution in [-0.4, -0.2) is 47.8 Å². The van der Waals surface area contributed by atoms with Crippen LogP contribution in [0.15, 0.2) is 0 Å². The molecule has 0 aliphatic rings. The van der Waals surface area contributed by atoms with Crippen LogP contribution in [0.5, 0.6) is 0 Å². The van der Waals surface area contributed by atoms with E-state index in [-0.39, 0.29) is 17.6 Å². The van der Waals surface area contributed by atoms with Crippen molar-refractivity contribution >= 4 is 0 Å². The average Bonchev–Trinajstić information content (AvgIpc) is 2.37. The molecule has 0 spiro atoms. The summed E-state index contributed by atoms with van der Waals surface area (Å²) in [7, 11) is 0. The van der Waals surface area contributed by atoms with Crippen molar-refractivity contribution in [2.24, 2.45) is 5.41 Å². The normalized spacial score (nSPS) is 15.9. The van der Waals surface area contributed by atoms with Gasteiger partial charge in [0, 0.05) is 31.2 Å². The van der Waals surface area contributed by atoms with E-state index < -0.39 is 0 Å². The first kappa shape index (κ1) is 19.9. The summed E-state index contributed by atoms with van der Waals surface area (Å²) in [6.45, 7) is 18.9. The summed E-state index contributed by atoms with van der Waals surface area (Å²) >= 11 is 0. The molecule has 0 fully saturated rings. The minimum atomic E-state index is 0.160. The molecule has 3 nitrogen and oxygen atoms in total. The van der Waals surface area contributed by atoms with Crippen LogP contribution < -0.4 is 5.32 Å². The zero-order valence-electron chi connectivity index (χ0n) is 14.9. The summed E-state index contributed by atoms with van der Waals surface area (Å²) in [5.41, 5.74) is 0.415. The number of nitrogens with zero attached hydrogens (tertiary/aromatic N) is 1. The minimum Gasteiger partial charge on any atom is -0.395 e. The van der Waals surface area contributed by atoms with E-state index in [2.05, 4.69) is 58.7 Å². The van der Waals surface area contributed by atoms with Gasteiger partial charge < -0.3 is 10.4 Å². The van der Waals surface area contributed by atoms with Gasteiger partial charge in [0.05, 0.1) is 6.61 Å². The molecule has 122 valence electrons. The van der Waals surface area contributed by atoms with Gasteiger partial charge in [0.25, 0.3) is 0 Å². The van der Waals surface area contributed by atoms with Crippen molar-refractivity contribution in [2.75, 3.05) is 26.2 Å². The summed E-state index contributed by atoms with van der Waals surface area (Å²) in [6, 6.07) is 0.586. The highest BCUT2D eigenvalue weighted by Gasteiger charge is 2.29. The van der Waals surface area contributed by atoms with Gasteiger partial charge in [-0.15, -0.1) is 0 Å². The molecule has 3 heteroatoms. The van der Waals surface area contributed by atoms with Gasteiger partial charge in [0.1, 0.15) is 0 Å². The Bertz CT molecular complexity index is 246. The second-order valence-corrected chi connectivity index (χ2v) is 7.43. The fraction of sp³-hybridized carbons (Fsp3) is 1.00. The Balaban J connectivity index is 4.75. The highest BCUT2D eigenvalue weighted by atomic mass is 16.3. The van der Waals surface area contributed by atoms with Crippen molar-refractivity contribution in [3.8, 4) is 0 Å². The zero-order valence-corrected chi connectivity index (χ0v) is 14.9. The minimum absolute atomic E-state index is 0.160. The topological polar surface area (TPSA) is 35.5 Å². The third-order valence-corrected chi connectivity index (χ3v) is 4.33. The summed E-state index contributed by atoms with van der Waals surface area (Å²) < 4.78 is 0. The van der Waals surface area contributed by atoms with E-state index in [0.29, 0.717) is 6.04 Å². The Morgan fingerprint density at radius 3 is 1.95 bits per heavy atom. The van der Waals surface area contributed by atoms with Gasteiger partial charge >= 0.3 is 0 Å². The molecule has 0 saturated carbocycles. The van der Waals surface area contributed by atoms with Crippen LogP contribution in [0.1, 0.15) is 67.7 Å². The van der Waals surface area contributed by atoms with Crippen molar-refractivity contribution in [1.82, 2.24) is 10.2 Å². The van der Waals surface area contributed by atoms with Gasteiger partial charge in [-0.1, -0.05) is 27.7 Å². The van der Waals surface area contributed by atoms with E-state index in [1.54, 1.807) is 0 Å². The molecule has 0 aromatic carbocycles. The molecular weight excluding hydrogens is 248 g/mol. The molecule has 0 aliphatic heterocycles. The molecule has 20 heavy (non-hydrogen) atoms. The summed E-state index contributed by atoms with van der Waals surface area (Å²) in [4.78, 5) is 2.48. The van der Waals surface area contributed by atoms with Crippen LogP contribution in [-0.2, 0) is 0 Å². The van der Waals surface area contributed by atoms with Gasteiger partial charge in [-0.3, -0.25) is 4.90 Å². The summed E-state index contributed by atoms with van der Waals surface area (Å²) in [5.74, 6) is 0.